The lowest BCUT2D eigenvalue weighted by Gasteiger charge is -2.26. The number of aromatic nitrogens is 3. The second-order valence-electron chi connectivity index (χ2n) is 6.78. The Labute approximate surface area is 158 Å². The van der Waals surface area contributed by atoms with Gasteiger partial charge in [-0.15, -0.1) is 10.2 Å². The van der Waals surface area contributed by atoms with Gasteiger partial charge in [0.05, 0.1) is 11.9 Å². The van der Waals surface area contributed by atoms with Gasteiger partial charge in [0.15, 0.2) is 11.0 Å². The molecule has 7 heteroatoms. The Morgan fingerprint density at radius 1 is 1.31 bits per heavy atom. The number of carbonyl (C=O) groups excluding carboxylic acids is 1. The second-order valence-corrected chi connectivity index (χ2v) is 7.72. The molecule has 2 N–H and O–H groups in total. The molecule has 0 aliphatic heterocycles. The van der Waals surface area contributed by atoms with Gasteiger partial charge in [0.1, 0.15) is 0 Å². The summed E-state index contributed by atoms with van der Waals surface area (Å²) < 4.78 is 2.05. The summed E-state index contributed by atoms with van der Waals surface area (Å²) >= 11 is 1.42. The number of benzene rings is 1. The minimum Gasteiger partial charge on any atom is -0.393 e. The van der Waals surface area contributed by atoms with E-state index in [-0.39, 0.29) is 18.1 Å². The summed E-state index contributed by atoms with van der Waals surface area (Å²) in [6.45, 7) is 4.86. The van der Waals surface area contributed by atoms with Gasteiger partial charge in [0, 0.05) is 18.2 Å². The molecule has 1 aromatic heterocycles. The highest BCUT2D eigenvalue weighted by Gasteiger charge is 2.21. The fourth-order valence-corrected chi connectivity index (χ4v) is 4.11. The third-order valence-corrected chi connectivity index (χ3v) is 5.67. The smallest absolute Gasteiger partial charge is 0.230 e. The number of nitrogens with one attached hydrogen (secondary N) is 1. The van der Waals surface area contributed by atoms with E-state index < -0.39 is 0 Å². The monoisotopic (exact) mass is 374 g/mol. The van der Waals surface area contributed by atoms with Crippen molar-refractivity contribution in [2.24, 2.45) is 0 Å². The Balaban J connectivity index is 1.60. The number of thioether (sulfide) groups is 1. The molecule has 1 fully saturated rings. The number of carbonyl (C=O) groups is 1. The largest absolute Gasteiger partial charge is 0.393 e. The molecule has 0 saturated heterocycles. The van der Waals surface area contributed by atoms with Crippen molar-refractivity contribution >= 4 is 17.7 Å². The first-order valence-electron chi connectivity index (χ1n) is 9.17. The number of aryl methyl sites for hydroxylation is 1. The van der Waals surface area contributed by atoms with Crippen LogP contribution < -0.4 is 5.32 Å². The van der Waals surface area contributed by atoms with E-state index in [1.807, 2.05) is 16.7 Å². The highest BCUT2D eigenvalue weighted by molar-refractivity contribution is 7.99. The summed E-state index contributed by atoms with van der Waals surface area (Å²) in [5.41, 5.74) is 2.22. The van der Waals surface area contributed by atoms with E-state index in [9.17, 15) is 9.90 Å². The van der Waals surface area contributed by atoms with Crippen LogP contribution in [-0.4, -0.2) is 43.7 Å². The molecule has 2 aromatic rings. The Morgan fingerprint density at radius 2 is 2.08 bits per heavy atom. The normalized spacial score (nSPS) is 20.1. The van der Waals surface area contributed by atoms with E-state index in [2.05, 4.69) is 41.5 Å². The Morgan fingerprint density at radius 3 is 2.77 bits per heavy atom. The quantitative estimate of drug-likeness (QED) is 0.760. The van der Waals surface area contributed by atoms with Crippen LogP contribution in [0.25, 0.3) is 11.4 Å². The van der Waals surface area contributed by atoms with Crippen LogP contribution in [0, 0.1) is 6.92 Å². The van der Waals surface area contributed by atoms with Gasteiger partial charge < -0.3 is 15.0 Å². The number of aliphatic hydroxyl groups is 1. The van der Waals surface area contributed by atoms with Crippen molar-refractivity contribution < 1.29 is 9.90 Å². The van der Waals surface area contributed by atoms with Gasteiger partial charge in [-0.05, 0) is 45.6 Å². The number of nitrogens with zero attached hydrogens (tertiary/aromatic N) is 3. The zero-order chi connectivity index (χ0) is 18.5. The molecule has 6 nitrogen and oxygen atoms in total. The molecule has 1 aromatic carbocycles. The molecule has 0 spiro atoms. The summed E-state index contributed by atoms with van der Waals surface area (Å²) in [5, 5.41) is 22.0. The third kappa shape index (κ3) is 4.65. The van der Waals surface area contributed by atoms with E-state index in [1.165, 1.54) is 17.3 Å². The zero-order valence-electron chi connectivity index (χ0n) is 15.3. The molecular weight excluding hydrogens is 348 g/mol. The van der Waals surface area contributed by atoms with E-state index >= 15 is 0 Å². The van der Waals surface area contributed by atoms with E-state index in [1.54, 1.807) is 0 Å². The Kier molecular flexibility index (Phi) is 6.32. The Bertz CT molecular complexity index is 754. The molecule has 0 bridgehead atoms. The lowest BCUT2D eigenvalue weighted by molar-refractivity contribution is -0.119. The van der Waals surface area contributed by atoms with Crippen LogP contribution in [0.3, 0.4) is 0 Å². The SMILES string of the molecule is CCn1c(SCC(=O)NC2CCC(O)CC2)nnc1-c1cccc(C)c1. The van der Waals surface area contributed by atoms with Crippen molar-refractivity contribution in [3.05, 3.63) is 29.8 Å². The lowest BCUT2D eigenvalue weighted by atomic mass is 9.93. The van der Waals surface area contributed by atoms with Crippen molar-refractivity contribution in [2.75, 3.05) is 5.75 Å². The first kappa shape index (κ1) is 18.9. The van der Waals surface area contributed by atoms with Gasteiger partial charge >= 0.3 is 0 Å². The van der Waals surface area contributed by atoms with Gasteiger partial charge in [-0.1, -0.05) is 35.5 Å². The van der Waals surface area contributed by atoms with E-state index in [0.717, 1.165) is 48.8 Å². The number of hydrogen-bond donors (Lipinski definition) is 2. The van der Waals surface area contributed by atoms with Crippen molar-refractivity contribution in [3.63, 3.8) is 0 Å². The van der Waals surface area contributed by atoms with Crippen LogP contribution in [0.5, 0.6) is 0 Å². The average molecular weight is 375 g/mol. The first-order chi connectivity index (χ1) is 12.6. The molecule has 1 heterocycles. The maximum atomic E-state index is 12.2. The highest BCUT2D eigenvalue weighted by atomic mass is 32.2. The zero-order valence-corrected chi connectivity index (χ0v) is 16.1. The predicted octanol–water partition coefficient (Wildman–Crippen LogP) is 2.79. The predicted molar refractivity (Wildman–Crippen MR) is 103 cm³/mol. The summed E-state index contributed by atoms with van der Waals surface area (Å²) in [4.78, 5) is 12.2. The summed E-state index contributed by atoms with van der Waals surface area (Å²) in [6, 6.07) is 8.37. The van der Waals surface area contributed by atoms with Crippen molar-refractivity contribution in [2.45, 2.75) is 63.4 Å². The van der Waals surface area contributed by atoms with Crippen LogP contribution in [-0.2, 0) is 11.3 Å². The van der Waals surface area contributed by atoms with Crippen molar-refractivity contribution in [3.8, 4) is 11.4 Å². The molecule has 1 saturated carbocycles. The van der Waals surface area contributed by atoms with Crippen LogP contribution in [0.4, 0.5) is 0 Å². The third-order valence-electron chi connectivity index (χ3n) is 4.70. The van der Waals surface area contributed by atoms with E-state index in [4.69, 9.17) is 0 Å². The number of aliphatic hydroxyl groups excluding tert-OH is 1. The molecule has 3 rings (SSSR count). The number of amides is 1. The van der Waals surface area contributed by atoms with Crippen LogP contribution in [0.2, 0.25) is 0 Å². The van der Waals surface area contributed by atoms with Gasteiger partial charge in [-0.25, -0.2) is 0 Å². The lowest BCUT2D eigenvalue weighted by Crippen LogP contribution is -2.39. The molecule has 0 radical (unpaired) electrons. The molecule has 1 aliphatic rings. The van der Waals surface area contributed by atoms with Gasteiger partial charge in [-0.2, -0.15) is 0 Å². The molecule has 140 valence electrons. The molecular formula is C19H26N4O2S. The highest BCUT2D eigenvalue weighted by Crippen LogP contribution is 2.25. The molecule has 0 unspecified atom stereocenters. The van der Waals surface area contributed by atoms with Crippen molar-refractivity contribution in [1.82, 2.24) is 20.1 Å². The first-order valence-corrected chi connectivity index (χ1v) is 10.2. The van der Waals surface area contributed by atoms with Gasteiger partial charge in [0.25, 0.3) is 0 Å². The summed E-state index contributed by atoms with van der Waals surface area (Å²) in [6.07, 6.45) is 3.02. The van der Waals surface area contributed by atoms with Crippen LogP contribution >= 0.6 is 11.8 Å². The summed E-state index contributed by atoms with van der Waals surface area (Å²) in [7, 11) is 0. The fraction of sp³-hybridized carbons (Fsp3) is 0.526. The number of hydrogen-bond acceptors (Lipinski definition) is 5. The average Bonchev–Trinajstić information content (AvgIpc) is 3.05. The number of rotatable bonds is 6. The maximum absolute atomic E-state index is 12.2. The standard InChI is InChI=1S/C19H26N4O2S/c1-3-23-18(14-6-4-5-13(2)11-14)21-22-19(23)26-12-17(25)20-15-7-9-16(24)10-8-15/h4-6,11,15-16,24H,3,7-10,12H2,1-2H3,(H,20,25). The molecule has 1 aliphatic carbocycles. The fourth-order valence-electron chi connectivity index (χ4n) is 3.30. The van der Waals surface area contributed by atoms with Crippen LogP contribution in [0.1, 0.15) is 38.2 Å². The molecule has 1 amide bonds. The van der Waals surface area contributed by atoms with E-state index in [0.29, 0.717) is 5.75 Å². The topological polar surface area (TPSA) is 80.0 Å². The maximum Gasteiger partial charge on any atom is 0.230 e. The van der Waals surface area contributed by atoms with Gasteiger partial charge in [0.2, 0.25) is 5.91 Å². The van der Waals surface area contributed by atoms with Crippen molar-refractivity contribution in [1.29, 1.82) is 0 Å². The summed E-state index contributed by atoms with van der Waals surface area (Å²) in [5.74, 6) is 1.17. The minimum atomic E-state index is -0.208. The Hall–Kier alpha value is -1.86. The van der Waals surface area contributed by atoms with Crippen LogP contribution in [0.15, 0.2) is 29.4 Å². The molecule has 26 heavy (non-hydrogen) atoms. The second kappa shape index (κ2) is 8.68. The molecule has 0 atom stereocenters. The minimum absolute atomic E-state index is 0.0131. The van der Waals surface area contributed by atoms with Gasteiger partial charge in [-0.3, -0.25) is 4.79 Å².